The summed E-state index contributed by atoms with van der Waals surface area (Å²) < 4.78 is 5.47. The summed E-state index contributed by atoms with van der Waals surface area (Å²) in [6, 6.07) is 7.57. The topological polar surface area (TPSA) is 92.8 Å². The van der Waals surface area contributed by atoms with Crippen LogP contribution in [0.15, 0.2) is 36.7 Å². The van der Waals surface area contributed by atoms with Crippen molar-refractivity contribution in [3.8, 4) is 0 Å². The number of carbonyl (C=O) groups excluding carboxylic acids is 1. The number of hydrogen-bond donors (Lipinski definition) is 2. The predicted octanol–water partition coefficient (Wildman–Crippen LogP) is 2.54. The molecule has 0 unspecified atom stereocenters. The molecule has 1 aromatic carbocycles. The van der Waals surface area contributed by atoms with Gasteiger partial charge in [-0.2, -0.15) is 0 Å². The number of ether oxygens (including phenoxy) is 1. The van der Waals surface area contributed by atoms with Gasteiger partial charge in [0.15, 0.2) is 0 Å². The minimum atomic E-state index is -0.274. The summed E-state index contributed by atoms with van der Waals surface area (Å²) >= 11 is 1.21. The molecular weight excluding hydrogens is 314 g/mol. The molecule has 118 valence electrons. The summed E-state index contributed by atoms with van der Waals surface area (Å²) in [5.74, 6) is 0.468. The Kier molecular flexibility index (Phi) is 4.74. The highest BCUT2D eigenvalue weighted by atomic mass is 32.1. The number of aromatic amines is 1. The van der Waals surface area contributed by atoms with Gasteiger partial charge in [0.05, 0.1) is 0 Å². The zero-order chi connectivity index (χ0) is 16.1. The van der Waals surface area contributed by atoms with Crippen molar-refractivity contribution in [1.29, 1.82) is 0 Å². The molecule has 0 fully saturated rings. The summed E-state index contributed by atoms with van der Waals surface area (Å²) in [6.45, 7) is 2.64. The minimum Gasteiger partial charge on any atom is -0.366 e. The third-order valence-electron chi connectivity index (χ3n) is 2.99. The quantitative estimate of drug-likeness (QED) is 0.725. The van der Waals surface area contributed by atoms with Crippen LogP contribution in [-0.2, 0) is 18.0 Å². The van der Waals surface area contributed by atoms with E-state index in [0.717, 1.165) is 17.1 Å². The summed E-state index contributed by atoms with van der Waals surface area (Å²) in [7, 11) is 0. The van der Waals surface area contributed by atoms with Crippen molar-refractivity contribution in [2.24, 2.45) is 0 Å². The van der Waals surface area contributed by atoms with Gasteiger partial charge in [-0.1, -0.05) is 29.0 Å². The molecular formula is C15H15N5O2S. The van der Waals surface area contributed by atoms with Gasteiger partial charge in [0.1, 0.15) is 24.0 Å². The Hall–Kier alpha value is -2.58. The molecule has 0 aliphatic rings. The monoisotopic (exact) mass is 329 g/mol. The molecule has 3 aromatic rings. The molecule has 2 aromatic heterocycles. The molecule has 23 heavy (non-hydrogen) atoms. The number of aromatic nitrogens is 4. The first kappa shape index (κ1) is 15.3. The molecule has 0 saturated carbocycles. The van der Waals surface area contributed by atoms with Crippen molar-refractivity contribution in [3.63, 3.8) is 0 Å². The third kappa shape index (κ3) is 4.21. The van der Waals surface area contributed by atoms with Crippen LogP contribution < -0.4 is 5.32 Å². The first-order valence-corrected chi connectivity index (χ1v) is 7.79. The van der Waals surface area contributed by atoms with Crippen LogP contribution in [0.3, 0.4) is 0 Å². The Labute approximate surface area is 136 Å². The number of nitrogens with one attached hydrogen (secondary N) is 2. The molecule has 2 N–H and O–H groups in total. The fourth-order valence-corrected chi connectivity index (χ4v) is 2.51. The molecule has 0 saturated heterocycles. The lowest BCUT2D eigenvalue weighted by Crippen LogP contribution is -2.11. The molecule has 2 heterocycles. The molecule has 8 heteroatoms. The van der Waals surface area contributed by atoms with Crippen molar-refractivity contribution < 1.29 is 9.53 Å². The van der Waals surface area contributed by atoms with Crippen molar-refractivity contribution in [2.45, 2.75) is 20.1 Å². The SMILES string of the molecule is Cc1ccc(NC(=O)c2nnc(COCc3ncc[nH]3)s2)cc1. The highest BCUT2D eigenvalue weighted by Crippen LogP contribution is 2.15. The third-order valence-corrected chi connectivity index (χ3v) is 3.89. The lowest BCUT2D eigenvalue weighted by Gasteiger charge is -2.02. The zero-order valence-corrected chi connectivity index (χ0v) is 13.3. The van der Waals surface area contributed by atoms with Crippen molar-refractivity contribution in [3.05, 3.63) is 58.1 Å². The Morgan fingerprint density at radius 1 is 1.26 bits per heavy atom. The molecule has 0 aliphatic heterocycles. The van der Waals surface area contributed by atoms with Crippen LogP contribution >= 0.6 is 11.3 Å². The molecule has 0 radical (unpaired) electrons. The van der Waals surface area contributed by atoms with Crippen molar-refractivity contribution in [1.82, 2.24) is 20.2 Å². The number of anilines is 1. The maximum Gasteiger partial charge on any atom is 0.286 e. The average Bonchev–Trinajstić information content (AvgIpc) is 3.21. The summed E-state index contributed by atoms with van der Waals surface area (Å²) in [5, 5.41) is 11.6. The number of aryl methyl sites for hydroxylation is 1. The fourth-order valence-electron chi connectivity index (χ4n) is 1.84. The lowest BCUT2D eigenvalue weighted by atomic mass is 10.2. The van der Waals surface area contributed by atoms with E-state index >= 15 is 0 Å². The first-order valence-electron chi connectivity index (χ1n) is 6.97. The standard InChI is InChI=1S/C15H15N5O2S/c1-10-2-4-11(5-3-10)18-14(21)15-20-19-13(23-15)9-22-8-12-16-6-7-17-12/h2-7H,8-9H2,1H3,(H,16,17)(H,18,21). The number of carbonyl (C=O) groups is 1. The van der Waals surface area contributed by atoms with E-state index in [1.165, 1.54) is 11.3 Å². The first-order chi connectivity index (χ1) is 11.2. The fraction of sp³-hybridized carbons (Fsp3) is 0.200. The van der Waals surface area contributed by atoms with E-state index in [4.69, 9.17) is 4.74 Å². The van der Waals surface area contributed by atoms with Crippen LogP contribution in [-0.4, -0.2) is 26.1 Å². The number of amides is 1. The van der Waals surface area contributed by atoms with E-state index in [1.54, 1.807) is 12.4 Å². The van der Waals surface area contributed by atoms with Gasteiger partial charge in [0, 0.05) is 18.1 Å². The maximum atomic E-state index is 12.1. The molecule has 0 bridgehead atoms. The van der Waals surface area contributed by atoms with E-state index in [0.29, 0.717) is 16.6 Å². The summed E-state index contributed by atoms with van der Waals surface area (Å²) in [6.07, 6.45) is 3.40. The number of hydrogen-bond acceptors (Lipinski definition) is 6. The molecule has 3 rings (SSSR count). The average molecular weight is 329 g/mol. The molecule has 0 atom stereocenters. The molecule has 1 amide bonds. The van der Waals surface area contributed by atoms with Crippen LogP contribution in [0.5, 0.6) is 0 Å². The van der Waals surface area contributed by atoms with Crippen molar-refractivity contribution in [2.75, 3.05) is 5.32 Å². The van der Waals surface area contributed by atoms with Crippen LogP contribution in [0, 0.1) is 6.92 Å². The van der Waals surface area contributed by atoms with Crippen LogP contribution in [0.4, 0.5) is 5.69 Å². The van der Waals surface area contributed by atoms with E-state index in [2.05, 4.69) is 25.5 Å². The van der Waals surface area contributed by atoms with Gasteiger partial charge in [0.25, 0.3) is 5.91 Å². The van der Waals surface area contributed by atoms with E-state index < -0.39 is 0 Å². The van der Waals surface area contributed by atoms with Crippen LogP contribution in [0.25, 0.3) is 0 Å². The number of H-pyrrole nitrogens is 1. The minimum absolute atomic E-state index is 0.274. The second-order valence-corrected chi connectivity index (χ2v) is 5.91. The maximum absolute atomic E-state index is 12.1. The number of imidazole rings is 1. The highest BCUT2D eigenvalue weighted by Gasteiger charge is 2.13. The van der Waals surface area contributed by atoms with E-state index in [-0.39, 0.29) is 12.5 Å². The van der Waals surface area contributed by atoms with Gasteiger partial charge in [0.2, 0.25) is 5.01 Å². The van der Waals surface area contributed by atoms with Crippen molar-refractivity contribution >= 4 is 22.9 Å². The summed E-state index contributed by atoms with van der Waals surface area (Å²) in [5.41, 5.74) is 1.86. The van der Waals surface area contributed by atoms with Crippen LogP contribution in [0.2, 0.25) is 0 Å². The van der Waals surface area contributed by atoms with Gasteiger partial charge >= 0.3 is 0 Å². The number of rotatable bonds is 6. The van der Waals surface area contributed by atoms with E-state index in [1.807, 2.05) is 31.2 Å². The smallest absolute Gasteiger partial charge is 0.286 e. The Morgan fingerprint density at radius 3 is 2.83 bits per heavy atom. The van der Waals surface area contributed by atoms with Gasteiger partial charge in [-0.3, -0.25) is 4.79 Å². The van der Waals surface area contributed by atoms with Gasteiger partial charge in [-0.25, -0.2) is 4.98 Å². The second-order valence-electron chi connectivity index (χ2n) is 4.85. The highest BCUT2D eigenvalue weighted by molar-refractivity contribution is 7.13. The number of benzene rings is 1. The zero-order valence-electron chi connectivity index (χ0n) is 12.4. The largest absolute Gasteiger partial charge is 0.366 e. The molecule has 7 nitrogen and oxygen atoms in total. The normalized spacial score (nSPS) is 10.7. The number of nitrogens with zero attached hydrogens (tertiary/aromatic N) is 3. The van der Waals surface area contributed by atoms with E-state index in [9.17, 15) is 4.79 Å². The van der Waals surface area contributed by atoms with Crippen LogP contribution in [0.1, 0.15) is 26.2 Å². The van der Waals surface area contributed by atoms with Gasteiger partial charge in [-0.15, -0.1) is 10.2 Å². The Bertz CT molecular complexity index is 768. The summed E-state index contributed by atoms with van der Waals surface area (Å²) in [4.78, 5) is 19.1. The second kappa shape index (κ2) is 7.12. The molecule has 0 spiro atoms. The van der Waals surface area contributed by atoms with Gasteiger partial charge < -0.3 is 15.0 Å². The lowest BCUT2D eigenvalue weighted by molar-refractivity contribution is 0.101. The Morgan fingerprint density at radius 2 is 2.09 bits per heavy atom. The molecule has 0 aliphatic carbocycles. The predicted molar refractivity (Wildman–Crippen MR) is 86.1 cm³/mol. The Balaban J connectivity index is 1.53. The van der Waals surface area contributed by atoms with Gasteiger partial charge in [-0.05, 0) is 19.1 Å².